The van der Waals surface area contributed by atoms with Crippen LogP contribution in [0.5, 0.6) is 0 Å². The number of rotatable bonds is 3. The molecule has 0 radical (unpaired) electrons. The molecule has 0 aromatic carbocycles. The smallest absolute Gasteiger partial charge is 0.323 e. The summed E-state index contributed by atoms with van der Waals surface area (Å²) in [5.74, 6) is -1.11. The summed E-state index contributed by atoms with van der Waals surface area (Å²) in [5.41, 5.74) is 0. The molecule has 0 aromatic rings. The van der Waals surface area contributed by atoms with Crippen molar-refractivity contribution in [3.05, 3.63) is 0 Å². The van der Waals surface area contributed by atoms with Crippen LogP contribution in [-0.2, 0) is 14.6 Å². The summed E-state index contributed by atoms with van der Waals surface area (Å²) in [6.07, 6.45) is 3.65. The van der Waals surface area contributed by atoms with Gasteiger partial charge in [0, 0.05) is 19.1 Å². The molecule has 2 rings (SSSR count). The molecule has 0 unspecified atom stereocenters. The fraction of sp³-hybridized carbons (Fsp3) is 0.833. The highest BCUT2D eigenvalue weighted by Gasteiger charge is 2.33. The summed E-state index contributed by atoms with van der Waals surface area (Å²) in [5, 5.41) is 8.97. The van der Waals surface area contributed by atoms with Gasteiger partial charge in [-0.2, -0.15) is 0 Å². The first-order chi connectivity index (χ1) is 9.39. The Hall–Kier alpha value is -1.31. The standard InChI is InChI=1S/C12H20N2O5S/c15-11(16)9-14(10-3-1-2-4-10)12(17)13-5-7-20(18,19)8-6-13/h10H,1-9H2,(H,15,16). The van der Waals surface area contributed by atoms with Gasteiger partial charge in [0.25, 0.3) is 0 Å². The van der Waals surface area contributed by atoms with Crippen molar-refractivity contribution >= 4 is 21.8 Å². The van der Waals surface area contributed by atoms with Crippen LogP contribution in [-0.4, -0.2) is 72.5 Å². The second-order valence-electron chi connectivity index (χ2n) is 5.38. The fourth-order valence-electron chi connectivity index (χ4n) is 2.80. The first-order valence-corrected chi connectivity index (χ1v) is 8.69. The lowest BCUT2D eigenvalue weighted by Crippen LogP contribution is -2.53. The van der Waals surface area contributed by atoms with Crippen LogP contribution in [0.15, 0.2) is 0 Å². The normalized spacial score (nSPS) is 22.7. The lowest BCUT2D eigenvalue weighted by atomic mass is 10.2. The van der Waals surface area contributed by atoms with Gasteiger partial charge in [-0.25, -0.2) is 13.2 Å². The van der Waals surface area contributed by atoms with Crippen LogP contribution in [0.3, 0.4) is 0 Å². The molecule has 20 heavy (non-hydrogen) atoms. The molecule has 2 fully saturated rings. The van der Waals surface area contributed by atoms with Crippen LogP contribution in [0.2, 0.25) is 0 Å². The Morgan fingerprint density at radius 1 is 1.15 bits per heavy atom. The topological polar surface area (TPSA) is 95.0 Å². The van der Waals surface area contributed by atoms with E-state index in [2.05, 4.69) is 0 Å². The van der Waals surface area contributed by atoms with Gasteiger partial charge in [-0.1, -0.05) is 12.8 Å². The molecule has 1 aliphatic heterocycles. The molecule has 114 valence electrons. The highest BCUT2D eigenvalue weighted by Crippen LogP contribution is 2.24. The van der Waals surface area contributed by atoms with Gasteiger partial charge in [-0.05, 0) is 12.8 Å². The minimum absolute atomic E-state index is 0.0304. The van der Waals surface area contributed by atoms with E-state index in [-0.39, 0.29) is 43.2 Å². The van der Waals surface area contributed by atoms with Crippen LogP contribution >= 0.6 is 0 Å². The van der Waals surface area contributed by atoms with E-state index < -0.39 is 15.8 Å². The maximum atomic E-state index is 12.4. The maximum absolute atomic E-state index is 12.4. The van der Waals surface area contributed by atoms with Gasteiger partial charge in [-0.3, -0.25) is 4.79 Å². The Morgan fingerprint density at radius 2 is 1.70 bits per heavy atom. The number of hydrogen-bond acceptors (Lipinski definition) is 4. The van der Waals surface area contributed by atoms with E-state index in [9.17, 15) is 18.0 Å². The number of carboxylic acids is 1. The third kappa shape index (κ3) is 3.62. The molecule has 0 atom stereocenters. The third-order valence-electron chi connectivity index (χ3n) is 3.93. The molecule has 1 saturated heterocycles. The molecule has 7 nitrogen and oxygen atoms in total. The largest absolute Gasteiger partial charge is 0.480 e. The first kappa shape index (κ1) is 15.1. The van der Waals surface area contributed by atoms with Crippen molar-refractivity contribution in [2.75, 3.05) is 31.1 Å². The highest BCUT2D eigenvalue weighted by atomic mass is 32.2. The van der Waals surface area contributed by atoms with Crippen molar-refractivity contribution in [3.8, 4) is 0 Å². The zero-order valence-electron chi connectivity index (χ0n) is 11.3. The lowest BCUT2D eigenvalue weighted by molar-refractivity contribution is -0.138. The van der Waals surface area contributed by atoms with Crippen molar-refractivity contribution in [2.24, 2.45) is 0 Å². The molecule has 0 bridgehead atoms. The van der Waals surface area contributed by atoms with E-state index in [1.807, 2.05) is 0 Å². The SMILES string of the molecule is O=C(O)CN(C(=O)N1CCS(=O)(=O)CC1)C1CCCC1. The van der Waals surface area contributed by atoms with Crippen LogP contribution < -0.4 is 0 Å². The number of nitrogens with zero attached hydrogens (tertiary/aromatic N) is 2. The molecule has 1 aliphatic carbocycles. The Labute approximate surface area is 118 Å². The predicted octanol–water partition coefficient (Wildman–Crippen LogP) is 0.166. The molecular formula is C12H20N2O5S. The van der Waals surface area contributed by atoms with Crippen molar-refractivity contribution < 1.29 is 23.1 Å². The Kier molecular flexibility index (Phi) is 4.52. The van der Waals surface area contributed by atoms with Gasteiger partial charge in [0.15, 0.2) is 9.84 Å². The zero-order valence-corrected chi connectivity index (χ0v) is 12.1. The molecule has 1 saturated carbocycles. The Bertz CT molecular complexity index is 470. The number of urea groups is 1. The van der Waals surface area contributed by atoms with E-state index in [1.165, 1.54) is 9.80 Å². The molecular weight excluding hydrogens is 284 g/mol. The highest BCUT2D eigenvalue weighted by molar-refractivity contribution is 7.91. The van der Waals surface area contributed by atoms with Crippen molar-refractivity contribution in [1.82, 2.24) is 9.80 Å². The average Bonchev–Trinajstić information content (AvgIpc) is 2.88. The molecule has 1 heterocycles. The minimum Gasteiger partial charge on any atom is -0.480 e. The summed E-state index contributed by atoms with van der Waals surface area (Å²) in [6, 6.07) is -0.369. The molecule has 2 aliphatic rings. The molecule has 8 heteroatoms. The number of carbonyl (C=O) groups is 2. The summed E-state index contributed by atoms with van der Waals surface area (Å²) in [4.78, 5) is 26.2. The van der Waals surface area contributed by atoms with Crippen LogP contribution in [0.4, 0.5) is 4.79 Å². The predicted molar refractivity (Wildman–Crippen MR) is 72.2 cm³/mol. The third-order valence-corrected chi connectivity index (χ3v) is 5.54. The maximum Gasteiger partial charge on any atom is 0.323 e. The van der Waals surface area contributed by atoms with Crippen molar-refractivity contribution in [1.29, 1.82) is 0 Å². The van der Waals surface area contributed by atoms with Crippen molar-refractivity contribution in [3.63, 3.8) is 0 Å². The monoisotopic (exact) mass is 304 g/mol. The van der Waals surface area contributed by atoms with E-state index in [0.717, 1.165) is 25.7 Å². The summed E-state index contributed by atoms with van der Waals surface area (Å²) >= 11 is 0. The van der Waals surface area contributed by atoms with Gasteiger partial charge in [0.05, 0.1) is 11.5 Å². The van der Waals surface area contributed by atoms with Crippen LogP contribution in [0, 0.1) is 0 Å². The van der Waals surface area contributed by atoms with Gasteiger partial charge in [-0.15, -0.1) is 0 Å². The quantitative estimate of drug-likeness (QED) is 0.801. The van der Waals surface area contributed by atoms with E-state index in [4.69, 9.17) is 5.11 Å². The Balaban J connectivity index is 2.04. The number of amides is 2. The second kappa shape index (κ2) is 5.99. The zero-order chi connectivity index (χ0) is 14.8. The van der Waals surface area contributed by atoms with Gasteiger partial charge in [0.1, 0.15) is 6.54 Å². The van der Waals surface area contributed by atoms with Gasteiger partial charge in [0.2, 0.25) is 0 Å². The summed E-state index contributed by atoms with van der Waals surface area (Å²) in [6.45, 7) is 0.000755. The van der Waals surface area contributed by atoms with E-state index in [1.54, 1.807) is 0 Å². The second-order valence-corrected chi connectivity index (χ2v) is 7.68. The molecule has 2 amide bonds. The van der Waals surface area contributed by atoms with Crippen LogP contribution in [0.25, 0.3) is 0 Å². The van der Waals surface area contributed by atoms with Gasteiger partial charge < -0.3 is 14.9 Å². The average molecular weight is 304 g/mol. The first-order valence-electron chi connectivity index (χ1n) is 6.87. The number of carboxylic acid groups (broad SMARTS) is 1. The van der Waals surface area contributed by atoms with Crippen LogP contribution in [0.1, 0.15) is 25.7 Å². The summed E-state index contributed by atoms with van der Waals surface area (Å²) < 4.78 is 22.8. The van der Waals surface area contributed by atoms with E-state index in [0.29, 0.717) is 0 Å². The summed E-state index contributed by atoms with van der Waals surface area (Å²) in [7, 11) is -3.05. The van der Waals surface area contributed by atoms with Crippen molar-refractivity contribution in [2.45, 2.75) is 31.7 Å². The number of carbonyl (C=O) groups excluding carboxylic acids is 1. The number of sulfone groups is 1. The Morgan fingerprint density at radius 3 is 2.20 bits per heavy atom. The molecule has 1 N–H and O–H groups in total. The van der Waals surface area contributed by atoms with E-state index >= 15 is 0 Å². The fourth-order valence-corrected chi connectivity index (χ4v) is 4.00. The number of hydrogen-bond donors (Lipinski definition) is 1. The lowest BCUT2D eigenvalue weighted by Gasteiger charge is -2.35. The van der Waals surface area contributed by atoms with Gasteiger partial charge >= 0.3 is 12.0 Å². The minimum atomic E-state index is -3.05. The molecule has 0 aromatic heterocycles. The number of aliphatic carboxylic acids is 1. The molecule has 0 spiro atoms.